The molecule has 21 heavy (non-hydrogen) atoms. The minimum absolute atomic E-state index is 0.196. The van der Waals surface area contributed by atoms with E-state index in [1.54, 1.807) is 10.6 Å². The van der Waals surface area contributed by atoms with Gasteiger partial charge in [-0.15, -0.1) is 6.58 Å². The SMILES string of the molecule is C=CCn1c(C(C)(C)C)nc(-c2ccc(F)cc2F)c1N. The summed E-state index contributed by atoms with van der Waals surface area (Å²) in [5.41, 5.74) is 6.39. The molecule has 0 aliphatic heterocycles. The molecular weight excluding hydrogens is 272 g/mol. The summed E-state index contributed by atoms with van der Waals surface area (Å²) >= 11 is 0. The van der Waals surface area contributed by atoms with Crippen LogP contribution in [-0.2, 0) is 12.0 Å². The van der Waals surface area contributed by atoms with E-state index < -0.39 is 11.6 Å². The fourth-order valence-corrected chi connectivity index (χ4v) is 2.23. The minimum Gasteiger partial charge on any atom is -0.383 e. The van der Waals surface area contributed by atoms with E-state index in [1.165, 1.54) is 12.1 Å². The highest BCUT2D eigenvalue weighted by atomic mass is 19.1. The fraction of sp³-hybridized carbons (Fsp3) is 0.312. The highest BCUT2D eigenvalue weighted by molar-refractivity contribution is 5.71. The topological polar surface area (TPSA) is 43.8 Å². The molecule has 0 amide bonds. The second-order valence-electron chi connectivity index (χ2n) is 5.94. The smallest absolute Gasteiger partial charge is 0.135 e. The molecule has 0 saturated heterocycles. The average Bonchev–Trinajstić information content (AvgIpc) is 2.68. The Bertz CT molecular complexity index is 682. The lowest BCUT2D eigenvalue weighted by Gasteiger charge is -2.19. The third-order valence-electron chi connectivity index (χ3n) is 3.18. The van der Waals surface area contributed by atoms with Crippen molar-refractivity contribution in [3.8, 4) is 11.3 Å². The van der Waals surface area contributed by atoms with Gasteiger partial charge in [-0.3, -0.25) is 0 Å². The molecule has 3 nitrogen and oxygen atoms in total. The van der Waals surface area contributed by atoms with Crippen LogP contribution in [0.4, 0.5) is 14.6 Å². The van der Waals surface area contributed by atoms with Crippen LogP contribution in [0.3, 0.4) is 0 Å². The van der Waals surface area contributed by atoms with E-state index in [2.05, 4.69) is 11.6 Å². The number of halogens is 2. The van der Waals surface area contributed by atoms with Crippen LogP contribution in [0.25, 0.3) is 11.3 Å². The van der Waals surface area contributed by atoms with E-state index in [-0.39, 0.29) is 11.0 Å². The van der Waals surface area contributed by atoms with Gasteiger partial charge in [0, 0.05) is 23.6 Å². The van der Waals surface area contributed by atoms with Crippen LogP contribution < -0.4 is 5.73 Å². The molecule has 0 fully saturated rings. The normalized spacial score (nSPS) is 11.7. The summed E-state index contributed by atoms with van der Waals surface area (Å²) in [4.78, 5) is 4.49. The maximum absolute atomic E-state index is 14.0. The van der Waals surface area contributed by atoms with Crippen molar-refractivity contribution in [2.45, 2.75) is 32.7 Å². The number of benzene rings is 1. The largest absolute Gasteiger partial charge is 0.383 e. The van der Waals surface area contributed by atoms with E-state index in [9.17, 15) is 8.78 Å². The number of imidazole rings is 1. The minimum atomic E-state index is -0.676. The molecule has 0 unspecified atom stereocenters. The van der Waals surface area contributed by atoms with E-state index in [0.29, 0.717) is 18.1 Å². The van der Waals surface area contributed by atoms with E-state index in [1.807, 2.05) is 20.8 Å². The molecule has 1 heterocycles. The van der Waals surface area contributed by atoms with Crippen LogP contribution in [0.1, 0.15) is 26.6 Å². The molecule has 0 aliphatic carbocycles. The summed E-state index contributed by atoms with van der Waals surface area (Å²) in [6.07, 6.45) is 1.71. The predicted molar refractivity (Wildman–Crippen MR) is 80.9 cm³/mol. The molecule has 0 saturated carbocycles. The van der Waals surface area contributed by atoms with Crippen molar-refractivity contribution in [1.29, 1.82) is 0 Å². The third kappa shape index (κ3) is 2.82. The van der Waals surface area contributed by atoms with Crippen LogP contribution in [-0.4, -0.2) is 9.55 Å². The number of nitrogens with two attached hydrogens (primary N) is 1. The Kier molecular flexibility index (Phi) is 3.85. The number of aromatic nitrogens is 2. The van der Waals surface area contributed by atoms with Crippen LogP contribution in [0.5, 0.6) is 0 Å². The molecular formula is C16H19F2N3. The summed E-state index contributed by atoms with van der Waals surface area (Å²) < 4.78 is 28.8. The molecule has 2 rings (SSSR count). The first-order valence-electron chi connectivity index (χ1n) is 6.68. The first-order valence-corrected chi connectivity index (χ1v) is 6.68. The summed E-state index contributed by atoms with van der Waals surface area (Å²) in [7, 11) is 0. The molecule has 5 heteroatoms. The lowest BCUT2D eigenvalue weighted by atomic mass is 9.95. The van der Waals surface area contributed by atoms with Gasteiger partial charge in [0.2, 0.25) is 0 Å². The van der Waals surface area contributed by atoms with Crippen molar-refractivity contribution in [3.05, 3.63) is 48.3 Å². The summed E-state index contributed by atoms with van der Waals surface area (Å²) in [6.45, 7) is 10.2. The van der Waals surface area contributed by atoms with Gasteiger partial charge in [0.15, 0.2) is 0 Å². The van der Waals surface area contributed by atoms with Gasteiger partial charge in [-0.1, -0.05) is 26.8 Å². The number of rotatable bonds is 3. The van der Waals surface area contributed by atoms with Crippen molar-refractivity contribution < 1.29 is 8.78 Å². The molecule has 112 valence electrons. The number of hydrogen-bond donors (Lipinski definition) is 1. The Hall–Kier alpha value is -2.17. The van der Waals surface area contributed by atoms with Crippen molar-refractivity contribution in [2.75, 3.05) is 5.73 Å². The summed E-state index contributed by atoms with van der Waals surface area (Å²) in [6, 6.07) is 3.38. The fourth-order valence-electron chi connectivity index (χ4n) is 2.23. The molecule has 0 spiro atoms. The summed E-state index contributed by atoms with van der Waals surface area (Å²) in [5.74, 6) is -0.217. The maximum Gasteiger partial charge on any atom is 0.135 e. The van der Waals surface area contributed by atoms with Crippen molar-refractivity contribution >= 4 is 5.82 Å². The number of allylic oxidation sites excluding steroid dienone is 1. The second-order valence-corrected chi connectivity index (χ2v) is 5.94. The van der Waals surface area contributed by atoms with Crippen molar-refractivity contribution in [2.24, 2.45) is 0 Å². The van der Waals surface area contributed by atoms with Crippen LogP contribution in [0, 0.1) is 11.6 Å². The van der Waals surface area contributed by atoms with Gasteiger partial charge in [-0.25, -0.2) is 13.8 Å². The number of hydrogen-bond acceptors (Lipinski definition) is 2. The Morgan fingerprint density at radius 3 is 2.52 bits per heavy atom. The zero-order valence-electron chi connectivity index (χ0n) is 12.5. The molecule has 2 N–H and O–H groups in total. The molecule has 1 aromatic carbocycles. The van der Waals surface area contributed by atoms with E-state index >= 15 is 0 Å². The lowest BCUT2D eigenvalue weighted by molar-refractivity contribution is 0.515. The van der Waals surface area contributed by atoms with Crippen LogP contribution in [0.15, 0.2) is 30.9 Å². The van der Waals surface area contributed by atoms with E-state index in [4.69, 9.17) is 5.73 Å². The van der Waals surface area contributed by atoms with Gasteiger partial charge in [0.1, 0.15) is 29.0 Å². The molecule has 0 radical (unpaired) electrons. The Morgan fingerprint density at radius 1 is 1.33 bits per heavy atom. The number of nitrogens with zero attached hydrogens (tertiary/aromatic N) is 2. The Balaban J connectivity index is 2.67. The Labute approximate surface area is 123 Å². The molecule has 2 aromatic rings. The quantitative estimate of drug-likeness (QED) is 0.872. The first-order chi connectivity index (χ1) is 9.75. The van der Waals surface area contributed by atoms with Crippen LogP contribution in [0.2, 0.25) is 0 Å². The van der Waals surface area contributed by atoms with Gasteiger partial charge < -0.3 is 10.3 Å². The highest BCUT2D eigenvalue weighted by Crippen LogP contribution is 2.33. The zero-order valence-corrected chi connectivity index (χ0v) is 12.5. The second kappa shape index (κ2) is 5.31. The van der Waals surface area contributed by atoms with Crippen molar-refractivity contribution in [1.82, 2.24) is 9.55 Å². The van der Waals surface area contributed by atoms with E-state index in [0.717, 1.165) is 11.9 Å². The predicted octanol–water partition coefficient (Wildman–Crippen LogP) is 3.89. The molecule has 0 aliphatic rings. The monoisotopic (exact) mass is 291 g/mol. The van der Waals surface area contributed by atoms with Gasteiger partial charge in [0.05, 0.1) is 0 Å². The molecule has 1 aromatic heterocycles. The Morgan fingerprint density at radius 2 is 2.00 bits per heavy atom. The van der Waals surface area contributed by atoms with Gasteiger partial charge >= 0.3 is 0 Å². The average molecular weight is 291 g/mol. The van der Waals surface area contributed by atoms with Gasteiger partial charge in [-0.05, 0) is 12.1 Å². The van der Waals surface area contributed by atoms with Crippen LogP contribution >= 0.6 is 0 Å². The molecule has 0 atom stereocenters. The third-order valence-corrected chi connectivity index (χ3v) is 3.18. The zero-order chi connectivity index (χ0) is 15.8. The maximum atomic E-state index is 14.0. The number of nitrogen functional groups attached to an aromatic ring is 1. The number of anilines is 1. The standard InChI is InChI=1S/C16H19F2N3/c1-5-8-21-14(19)13(20-15(21)16(2,3)4)11-7-6-10(17)9-12(11)18/h5-7,9H,1,8,19H2,2-4H3. The lowest BCUT2D eigenvalue weighted by Crippen LogP contribution is -2.19. The molecule has 0 bridgehead atoms. The first kappa shape index (κ1) is 15.2. The van der Waals surface area contributed by atoms with Crippen molar-refractivity contribution in [3.63, 3.8) is 0 Å². The van der Waals surface area contributed by atoms with Gasteiger partial charge in [-0.2, -0.15) is 0 Å². The highest BCUT2D eigenvalue weighted by Gasteiger charge is 2.26. The summed E-state index contributed by atoms with van der Waals surface area (Å²) in [5, 5.41) is 0. The van der Waals surface area contributed by atoms with Gasteiger partial charge in [0.25, 0.3) is 0 Å².